The molecule has 9 nitrogen and oxygen atoms in total. The Morgan fingerprint density at radius 1 is 1.16 bits per heavy atom. The van der Waals surface area contributed by atoms with Crippen molar-refractivity contribution in [2.45, 2.75) is 12.6 Å². The number of nitrogens with one attached hydrogen (secondary N) is 2. The summed E-state index contributed by atoms with van der Waals surface area (Å²) in [4.78, 5) is 23.6. The van der Waals surface area contributed by atoms with Gasteiger partial charge in [-0.15, -0.1) is 12.4 Å². The molecule has 0 aliphatic heterocycles. The summed E-state index contributed by atoms with van der Waals surface area (Å²) in [5.41, 5.74) is 11.5. The first kappa shape index (κ1) is 25.7. The molecule has 2 rings (SSSR count). The van der Waals surface area contributed by atoms with Gasteiger partial charge in [0.05, 0.1) is 7.11 Å². The van der Waals surface area contributed by atoms with Crippen LogP contribution in [0.4, 0.5) is 4.39 Å². The molecule has 0 saturated heterocycles. The highest BCUT2D eigenvalue weighted by Crippen LogP contribution is 2.25. The van der Waals surface area contributed by atoms with Crippen LogP contribution in [0.1, 0.15) is 22.8 Å². The number of halogens is 2. The first-order chi connectivity index (χ1) is 14.3. The Bertz CT molecular complexity index is 957. The summed E-state index contributed by atoms with van der Waals surface area (Å²) < 4.78 is 29.8. The summed E-state index contributed by atoms with van der Waals surface area (Å²) >= 11 is 0. The van der Waals surface area contributed by atoms with Crippen LogP contribution in [0.3, 0.4) is 0 Å². The highest BCUT2D eigenvalue weighted by atomic mass is 35.5. The number of nitrogen functional groups attached to an aromatic ring is 1. The lowest BCUT2D eigenvalue weighted by atomic mass is 10.1. The van der Waals surface area contributed by atoms with Gasteiger partial charge in [-0.25, -0.2) is 4.39 Å². The highest BCUT2D eigenvalue weighted by molar-refractivity contribution is 5.95. The minimum Gasteiger partial charge on any atom is -0.497 e. The average Bonchev–Trinajstić information content (AvgIpc) is 2.72. The number of amidine groups is 1. The van der Waals surface area contributed by atoms with Crippen LogP contribution in [0.5, 0.6) is 11.5 Å². The molecular weight excluding hydrogens is 431 g/mol. The SMILES string of the molecule is COc1ccc(C(OC)C(=O)NCc2ccc(C(=N)N)cc2OCC(N)=O)c(F)c1.Cl. The molecule has 0 saturated carbocycles. The normalized spacial score (nSPS) is 11.1. The van der Waals surface area contributed by atoms with Crippen LogP contribution in [0.15, 0.2) is 36.4 Å². The molecule has 168 valence electrons. The Morgan fingerprint density at radius 2 is 1.87 bits per heavy atom. The first-order valence-electron chi connectivity index (χ1n) is 8.79. The van der Waals surface area contributed by atoms with E-state index in [0.29, 0.717) is 16.9 Å². The van der Waals surface area contributed by atoms with E-state index >= 15 is 0 Å². The summed E-state index contributed by atoms with van der Waals surface area (Å²) in [6, 6.07) is 8.70. The molecule has 2 aromatic carbocycles. The number of carbonyl (C=O) groups excluding carboxylic acids is 2. The number of hydrogen-bond donors (Lipinski definition) is 4. The van der Waals surface area contributed by atoms with Gasteiger partial charge in [-0.05, 0) is 18.2 Å². The van der Waals surface area contributed by atoms with E-state index in [9.17, 15) is 14.0 Å². The second kappa shape index (κ2) is 11.7. The Kier molecular flexibility index (Phi) is 9.71. The van der Waals surface area contributed by atoms with Gasteiger partial charge in [0.1, 0.15) is 23.2 Å². The van der Waals surface area contributed by atoms with Gasteiger partial charge in [-0.2, -0.15) is 0 Å². The zero-order valence-electron chi connectivity index (χ0n) is 16.9. The second-order valence-electron chi connectivity index (χ2n) is 6.21. The minimum atomic E-state index is -1.19. The maximum atomic E-state index is 14.3. The first-order valence-corrected chi connectivity index (χ1v) is 8.79. The number of methoxy groups -OCH3 is 2. The van der Waals surface area contributed by atoms with E-state index in [-0.39, 0.29) is 42.7 Å². The van der Waals surface area contributed by atoms with E-state index < -0.39 is 23.7 Å². The van der Waals surface area contributed by atoms with E-state index in [0.717, 1.165) is 6.07 Å². The van der Waals surface area contributed by atoms with Crippen LogP contribution < -0.4 is 26.3 Å². The quantitative estimate of drug-likeness (QED) is 0.315. The number of primary amides is 1. The van der Waals surface area contributed by atoms with Crippen LogP contribution in [-0.2, 0) is 20.9 Å². The number of amides is 2. The third-order valence-electron chi connectivity index (χ3n) is 4.17. The van der Waals surface area contributed by atoms with Gasteiger partial charge in [-0.1, -0.05) is 12.1 Å². The van der Waals surface area contributed by atoms with Crippen molar-refractivity contribution >= 4 is 30.1 Å². The molecular formula is C20H24ClFN4O5. The maximum Gasteiger partial charge on any atom is 0.255 e. The van der Waals surface area contributed by atoms with Crippen molar-refractivity contribution in [1.29, 1.82) is 5.41 Å². The predicted molar refractivity (Wildman–Crippen MR) is 114 cm³/mol. The van der Waals surface area contributed by atoms with E-state index in [2.05, 4.69) is 5.32 Å². The van der Waals surface area contributed by atoms with Gasteiger partial charge < -0.3 is 31.0 Å². The zero-order valence-corrected chi connectivity index (χ0v) is 17.8. The largest absolute Gasteiger partial charge is 0.497 e. The fraction of sp³-hybridized carbons (Fsp3) is 0.250. The summed E-state index contributed by atoms with van der Waals surface area (Å²) in [7, 11) is 2.70. The number of carbonyl (C=O) groups is 2. The monoisotopic (exact) mass is 454 g/mol. The molecule has 2 amide bonds. The maximum absolute atomic E-state index is 14.3. The second-order valence-corrected chi connectivity index (χ2v) is 6.21. The van der Waals surface area contributed by atoms with Crippen LogP contribution in [0, 0.1) is 11.2 Å². The molecule has 11 heteroatoms. The third-order valence-corrected chi connectivity index (χ3v) is 4.17. The summed E-state index contributed by atoms with van der Waals surface area (Å²) in [5.74, 6) is -1.57. The Balaban J connectivity index is 0.00000480. The minimum absolute atomic E-state index is 0. The molecule has 0 heterocycles. The van der Waals surface area contributed by atoms with Gasteiger partial charge >= 0.3 is 0 Å². The fourth-order valence-corrected chi connectivity index (χ4v) is 2.65. The van der Waals surface area contributed by atoms with E-state index in [1.54, 1.807) is 12.1 Å². The van der Waals surface area contributed by atoms with Crippen LogP contribution in [-0.4, -0.2) is 38.5 Å². The summed E-state index contributed by atoms with van der Waals surface area (Å²) in [6.07, 6.45) is -1.19. The van der Waals surface area contributed by atoms with Crippen molar-refractivity contribution in [3.8, 4) is 11.5 Å². The Labute approximate surface area is 184 Å². The lowest BCUT2D eigenvalue weighted by Crippen LogP contribution is -2.31. The molecule has 0 aliphatic rings. The van der Waals surface area contributed by atoms with Gasteiger partial charge in [0.25, 0.3) is 11.8 Å². The molecule has 1 unspecified atom stereocenters. The van der Waals surface area contributed by atoms with Crippen molar-refractivity contribution in [2.75, 3.05) is 20.8 Å². The van der Waals surface area contributed by atoms with Crippen molar-refractivity contribution in [1.82, 2.24) is 5.32 Å². The van der Waals surface area contributed by atoms with Gasteiger partial charge in [0.15, 0.2) is 12.7 Å². The molecule has 0 radical (unpaired) electrons. The zero-order chi connectivity index (χ0) is 22.3. The van der Waals surface area contributed by atoms with Crippen molar-refractivity contribution in [2.24, 2.45) is 11.5 Å². The smallest absolute Gasteiger partial charge is 0.255 e. The Hall–Kier alpha value is -3.37. The van der Waals surface area contributed by atoms with E-state index in [1.165, 1.54) is 32.4 Å². The number of rotatable bonds is 10. The standard InChI is InChI=1S/C20H23FN4O5.ClH/c1-28-13-5-6-14(15(21)8-13)18(29-2)20(27)25-9-12-4-3-11(19(23)24)7-16(12)30-10-17(22)26;/h3-8,18H,9-10H2,1-2H3,(H2,22,26)(H3,23,24)(H,25,27);1H. The molecule has 0 bridgehead atoms. The number of nitrogens with two attached hydrogens (primary N) is 2. The van der Waals surface area contributed by atoms with Crippen molar-refractivity contribution in [3.63, 3.8) is 0 Å². The molecule has 1 atom stereocenters. The van der Waals surface area contributed by atoms with Crippen LogP contribution >= 0.6 is 12.4 Å². The molecule has 31 heavy (non-hydrogen) atoms. The molecule has 6 N–H and O–H groups in total. The van der Waals surface area contributed by atoms with Crippen molar-refractivity contribution in [3.05, 3.63) is 58.9 Å². The summed E-state index contributed by atoms with van der Waals surface area (Å²) in [5, 5.41) is 10.2. The summed E-state index contributed by atoms with van der Waals surface area (Å²) in [6.45, 7) is -0.400. The van der Waals surface area contributed by atoms with Gasteiger partial charge in [0.2, 0.25) is 0 Å². The van der Waals surface area contributed by atoms with E-state index in [1.807, 2.05) is 0 Å². The lowest BCUT2D eigenvalue weighted by molar-refractivity contribution is -0.131. The molecule has 0 spiro atoms. The fourth-order valence-electron chi connectivity index (χ4n) is 2.65. The number of ether oxygens (including phenoxy) is 3. The highest BCUT2D eigenvalue weighted by Gasteiger charge is 2.24. The Morgan fingerprint density at radius 3 is 2.42 bits per heavy atom. The van der Waals surface area contributed by atoms with E-state index in [4.69, 9.17) is 31.1 Å². The van der Waals surface area contributed by atoms with Gasteiger partial charge in [-0.3, -0.25) is 15.0 Å². The van der Waals surface area contributed by atoms with Crippen LogP contribution in [0.25, 0.3) is 0 Å². The van der Waals surface area contributed by atoms with Gasteiger partial charge in [0, 0.05) is 36.4 Å². The average molecular weight is 455 g/mol. The molecule has 2 aromatic rings. The molecule has 0 fully saturated rings. The number of hydrogen-bond acceptors (Lipinski definition) is 6. The molecule has 0 aromatic heterocycles. The topological polar surface area (TPSA) is 150 Å². The van der Waals surface area contributed by atoms with Crippen molar-refractivity contribution < 1.29 is 28.2 Å². The lowest BCUT2D eigenvalue weighted by Gasteiger charge is -2.18. The third kappa shape index (κ3) is 6.83. The van der Waals surface area contributed by atoms with Crippen LogP contribution in [0.2, 0.25) is 0 Å². The molecule has 0 aliphatic carbocycles. The predicted octanol–water partition coefficient (Wildman–Crippen LogP) is 1.41. The number of benzene rings is 2.